The van der Waals surface area contributed by atoms with Crippen LogP contribution in [0.1, 0.15) is 54.5 Å². The highest BCUT2D eigenvalue weighted by Gasteiger charge is 2.29. The third-order valence-electron chi connectivity index (χ3n) is 5.01. The van der Waals surface area contributed by atoms with E-state index in [0.29, 0.717) is 24.5 Å². The summed E-state index contributed by atoms with van der Waals surface area (Å²) < 4.78 is 16.6. The number of rotatable bonds is 8. The maximum absolute atomic E-state index is 12.5. The summed E-state index contributed by atoms with van der Waals surface area (Å²) in [5.41, 5.74) is 1.33. The first-order valence-corrected chi connectivity index (χ1v) is 10.2. The number of hydrogen-bond donors (Lipinski definition) is 1. The number of carbonyl (C=O) groups is 3. The van der Waals surface area contributed by atoms with Crippen molar-refractivity contribution in [3.8, 4) is 11.3 Å². The molecule has 0 aliphatic carbocycles. The Bertz CT molecular complexity index is 893. The largest absolute Gasteiger partial charge is 0.449 e. The van der Waals surface area contributed by atoms with Gasteiger partial charge in [0.15, 0.2) is 11.9 Å². The summed E-state index contributed by atoms with van der Waals surface area (Å²) in [5, 5.41) is 2.81. The maximum atomic E-state index is 12.5. The van der Waals surface area contributed by atoms with Crippen LogP contribution in [-0.4, -0.2) is 43.0 Å². The summed E-state index contributed by atoms with van der Waals surface area (Å²) in [5.74, 6) is -0.790. The lowest BCUT2D eigenvalue weighted by molar-refractivity contribution is -0.132. The van der Waals surface area contributed by atoms with E-state index in [1.807, 2.05) is 13.8 Å². The molecule has 1 amide bonds. The van der Waals surface area contributed by atoms with Gasteiger partial charge >= 0.3 is 5.97 Å². The zero-order valence-corrected chi connectivity index (χ0v) is 17.5. The van der Waals surface area contributed by atoms with Gasteiger partial charge in [-0.1, -0.05) is 38.1 Å². The van der Waals surface area contributed by atoms with E-state index in [1.165, 1.54) is 13.0 Å². The Morgan fingerprint density at radius 1 is 1.13 bits per heavy atom. The number of hydrogen-bond acceptors (Lipinski definition) is 6. The fraction of sp³-hybridized carbons (Fsp3) is 0.435. The van der Waals surface area contributed by atoms with Crippen LogP contribution in [0.2, 0.25) is 0 Å². The lowest BCUT2D eigenvalue weighted by Gasteiger charge is -2.21. The molecule has 2 atom stereocenters. The van der Waals surface area contributed by atoms with Crippen LogP contribution >= 0.6 is 0 Å². The van der Waals surface area contributed by atoms with Gasteiger partial charge in [0.1, 0.15) is 5.76 Å². The summed E-state index contributed by atoms with van der Waals surface area (Å²) in [7, 11) is 0. The molecule has 7 heteroatoms. The SMILES string of the molecule is CC(=O)c1ccc(-c2ccc(C(=O)OC(C(=O)NCC3CCCO3)C(C)C)o2)cc1. The monoisotopic (exact) mass is 413 g/mol. The van der Waals surface area contributed by atoms with Gasteiger partial charge in [0.2, 0.25) is 5.76 Å². The number of nitrogens with one attached hydrogen (secondary N) is 1. The molecule has 7 nitrogen and oxygen atoms in total. The molecule has 3 rings (SSSR count). The summed E-state index contributed by atoms with van der Waals surface area (Å²) in [6.45, 7) is 6.24. The zero-order valence-electron chi connectivity index (χ0n) is 17.5. The highest BCUT2D eigenvalue weighted by Crippen LogP contribution is 2.24. The molecule has 30 heavy (non-hydrogen) atoms. The molecule has 160 valence electrons. The van der Waals surface area contributed by atoms with E-state index < -0.39 is 12.1 Å². The van der Waals surface area contributed by atoms with Gasteiger partial charge < -0.3 is 19.2 Å². The zero-order chi connectivity index (χ0) is 21.7. The smallest absolute Gasteiger partial charge is 0.375 e. The number of carbonyl (C=O) groups excluding carboxylic acids is 3. The average molecular weight is 413 g/mol. The Balaban J connectivity index is 1.63. The van der Waals surface area contributed by atoms with E-state index in [0.717, 1.165) is 18.4 Å². The van der Waals surface area contributed by atoms with Gasteiger partial charge in [-0.3, -0.25) is 9.59 Å². The van der Waals surface area contributed by atoms with Gasteiger partial charge in [0, 0.05) is 24.3 Å². The minimum Gasteiger partial charge on any atom is -0.449 e. The van der Waals surface area contributed by atoms with Crippen LogP contribution in [0.4, 0.5) is 0 Å². The van der Waals surface area contributed by atoms with E-state index in [4.69, 9.17) is 13.9 Å². The second-order valence-corrected chi connectivity index (χ2v) is 7.75. The van der Waals surface area contributed by atoms with Gasteiger partial charge in [0.05, 0.1) is 6.10 Å². The third kappa shape index (κ3) is 5.36. The van der Waals surface area contributed by atoms with Crippen LogP contribution in [0.5, 0.6) is 0 Å². The van der Waals surface area contributed by atoms with Crippen molar-refractivity contribution in [2.24, 2.45) is 5.92 Å². The molecular weight excluding hydrogens is 386 g/mol. The number of benzene rings is 1. The van der Waals surface area contributed by atoms with E-state index in [-0.39, 0.29) is 29.5 Å². The lowest BCUT2D eigenvalue weighted by Crippen LogP contribution is -2.43. The van der Waals surface area contributed by atoms with Gasteiger partial charge in [-0.15, -0.1) is 0 Å². The highest BCUT2D eigenvalue weighted by molar-refractivity contribution is 5.94. The van der Waals surface area contributed by atoms with Crippen LogP contribution in [-0.2, 0) is 14.3 Å². The molecule has 1 aromatic heterocycles. The number of esters is 1. The first kappa shape index (κ1) is 21.8. The molecule has 0 radical (unpaired) electrons. The Hall–Kier alpha value is -2.93. The van der Waals surface area contributed by atoms with E-state index in [9.17, 15) is 14.4 Å². The average Bonchev–Trinajstić information content (AvgIpc) is 3.42. The molecule has 1 saturated heterocycles. The molecule has 0 spiro atoms. The van der Waals surface area contributed by atoms with Gasteiger partial charge in [-0.05, 0) is 37.8 Å². The molecule has 1 N–H and O–H groups in total. The fourth-order valence-corrected chi connectivity index (χ4v) is 3.26. The molecule has 2 unspecified atom stereocenters. The Morgan fingerprint density at radius 3 is 2.47 bits per heavy atom. The topological polar surface area (TPSA) is 94.8 Å². The summed E-state index contributed by atoms with van der Waals surface area (Å²) >= 11 is 0. The second-order valence-electron chi connectivity index (χ2n) is 7.75. The molecule has 2 heterocycles. The quantitative estimate of drug-likeness (QED) is 0.525. The highest BCUT2D eigenvalue weighted by atomic mass is 16.6. The van der Waals surface area contributed by atoms with Gasteiger partial charge in [-0.2, -0.15) is 0 Å². The normalized spacial score (nSPS) is 17.0. The molecule has 1 fully saturated rings. The van der Waals surface area contributed by atoms with Crippen molar-refractivity contribution in [2.75, 3.05) is 13.2 Å². The maximum Gasteiger partial charge on any atom is 0.375 e. The van der Waals surface area contributed by atoms with Crippen LogP contribution in [0.25, 0.3) is 11.3 Å². The molecule has 2 aromatic rings. The number of furan rings is 1. The van der Waals surface area contributed by atoms with Gasteiger partial charge in [-0.25, -0.2) is 4.79 Å². The van der Waals surface area contributed by atoms with Crippen LogP contribution in [0.15, 0.2) is 40.8 Å². The van der Waals surface area contributed by atoms with Crippen molar-refractivity contribution in [3.63, 3.8) is 0 Å². The fourth-order valence-electron chi connectivity index (χ4n) is 3.26. The first-order valence-electron chi connectivity index (χ1n) is 10.2. The van der Waals surface area contributed by atoms with Crippen molar-refractivity contribution < 1.29 is 28.3 Å². The van der Waals surface area contributed by atoms with Crippen molar-refractivity contribution in [3.05, 3.63) is 47.7 Å². The standard InChI is InChI=1S/C23H27NO6/c1-14(2)21(22(26)24-13-18-5-4-12-28-18)30-23(27)20-11-10-19(29-20)17-8-6-16(7-9-17)15(3)25/h6-11,14,18,21H,4-5,12-13H2,1-3H3,(H,24,26). The summed E-state index contributed by atoms with van der Waals surface area (Å²) in [6, 6.07) is 10.1. The summed E-state index contributed by atoms with van der Waals surface area (Å²) in [4.78, 5) is 36.5. The predicted molar refractivity (Wildman–Crippen MR) is 110 cm³/mol. The second kappa shape index (κ2) is 9.71. The minimum atomic E-state index is -0.928. The van der Waals surface area contributed by atoms with Crippen molar-refractivity contribution in [2.45, 2.75) is 45.8 Å². The van der Waals surface area contributed by atoms with Crippen LogP contribution < -0.4 is 5.32 Å². The number of Topliss-reactive ketones (excluding diaryl/α,β-unsaturated/α-hetero) is 1. The van der Waals surface area contributed by atoms with Crippen molar-refractivity contribution >= 4 is 17.7 Å². The predicted octanol–water partition coefficient (Wildman–Crippen LogP) is 3.63. The molecule has 0 bridgehead atoms. The molecular formula is C23H27NO6. The van der Waals surface area contributed by atoms with Crippen LogP contribution in [0, 0.1) is 5.92 Å². The van der Waals surface area contributed by atoms with E-state index in [2.05, 4.69) is 5.32 Å². The lowest BCUT2D eigenvalue weighted by atomic mass is 10.1. The number of ketones is 1. The minimum absolute atomic E-state index is 0.0122. The molecule has 0 saturated carbocycles. The van der Waals surface area contributed by atoms with Crippen LogP contribution in [0.3, 0.4) is 0 Å². The number of amides is 1. The van der Waals surface area contributed by atoms with Crippen molar-refractivity contribution in [1.29, 1.82) is 0 Å². The first-order chi connectivity index (χ1) is 14.3. The van der Waals surface area contributed by atoms with E-state index >= 15 is 0 Å². The van der Waals surface area contributed by atoms with Crippen molar-refractivity contribution in [1.82, 2.24) is 5.32 Å². The van der Waals surface area contributed by atoms with Gasteiger partial charge in [0.25, 0.3) is 5.91 Å². The van der Waals surface area contributed by atoms with E-state index in [1.54, 1.807) is 30.3 Å². The Morgan fingerprint density at radius 2 is 1.87 bits per heavy atom. The molecule has 1 aliphatic rings. The third-order valence-corrected chi connectivity index (χ3v) is 5.01. The number of ether oxygens (including phenoxy) is 2. The summed E-state index contributed by atoms with van der Waals surface area (Å²) in [6.07, 6.45) is 0.984. The molecule has 1 aliphatic heterocycles. The Kier molecular flexibility index (Phi) is 7.05. The Labute approximate surface area is 175 Å². The molecule has 1 aromatic carbocycles.